The molecular weight excluding hydrogens is 286 g/mol. The minimum absolute atomic E-state index is 0.163. The van der Waals surface area contributed by atoms with Gasteiger partial charge in [0.15, 0.2) is 11.5 Å². The maximum Gasteiger partial charge on any atom is 0.160 e. The second-order valence-electron chi connectivity index (χ2n) is 5.45. The van der Waals surface area contributed by atoms with Crippen molar-refractivity contribution in [3.05, 3.63) is 53.1 Å². The molecule has 0 heterocycles. The van der Waals surface area contributed by atoms with Crippen molar-refractivity contribution >= 4 is 17.3 Å². The molecule has 0 bridgehead atoms. The first-order chi connectivity index (χ1) is 10.2. The number of nitrogens with one attached hydrogen (secondary N) is 1. The van der Waals surface area contributed by atoms with E-state index in [1.54, 1.807) is 19.2 Å². The molecule has 1 aliphatic carbocycles. The Bertz CT molecular complexity index is 621. The van der Waals surface area contributed by atoms with E-state index < -0.39 is 0 Å². The van der Waals surface area contributed by atoms with E-state index >= 15 is 0 Å². The molecule has 0 radical (unpaired) electrons. The summed E-state index contributed by atoms with van der Waals surface area (Å²) < 4.78 is 5.04. The molecule has 3 rings (SSSR count). The Kier molecular flexibility index (Phi) is 3.93. The molecule has 0 atom stereocenters. The number of hydrogen-bond donors (Lipinski definition) is 2. The first-order valence-electron chi connectivity index (χ1n) is 7.04. The predicted molar refractivity (Wildman–Crippen MR) is 85.5 cm³/mol. The van der Waals surface area contributed by atoms with Crippen LogP contribution in [0, 0.1) is 0 Å². The van der Waals surface area contributed by atoms with Gasteiger partial charge in [-0.2, -0.15) is 0 Å². The number of methoxy groups -OCH3 is 1. The van der Waals surface area contributed by atoms with Gasteiger partial charge in [0.05, 0.1) is 7.11 Å². The summed E-state index contributed by atoms with van der Waals surface area (Å²) >= 11 is 5.91. The van der Waals surface area contributed by atoms with Crippen molar-refractivity contribution in [1.82, 2.24) is 0 Å². The highest BCUT2D eigenvalue weighted by atomic mass is 35.5. The lowest BCUT2D eigenvalue weighted by Crippen LogP contribution is -2.33. The van der Waals surface area contributed by atoms with E-state index in [9.17, 15) is 5.11 Å². The molecule has 0 spiro atoms. The highest BCUT2D eigenvalue weighted by molar-refractivity contribution is 6.30. The number of rotatable bonds is 4. The van der Waals surface area contributed by atoms with Gasteiger partial charge >= 0.3 is 0 Å². The summed E-state index contributed by atoms with van der Waals surface area (Å²) in [5.74, 6) is 1.25. The molecular formula is C17H18ClNO2. The summed E-state index contributed by atoms with van der Waals surface area (Å²) in [6.45, 7) is 0. The molecule has 0 aliphatic heterocycles. The number of anilines is 1. The molecule has 0 aromatic heterocycles. The van der Waals surface area contributed by atoms with E-state index in [2.05, 4.69) is 17.4 Å². The molecule has 1 fully saturated rings. The van der Waals surface area contributed by atoms with Gasteiger partial charge in [0.2, 0.25) is 0 Å². The summed E-state index contributed by atoms with van der Waals surface area (Å²) in [4.78, 5) is 0. The Morgan fingerprint density at radius 3 is 2.48 bits per heavy atom. The predicted octanol–water partition coefficient (Wildman–Crippen LogP) is 4.41. The molecule has 3 nitrogen and oxygen atoms in total. The summed E-state index contributed by atoms with van der Waals surface area (Å²) in [7, 11) is 1.55. The zero-order chi connectivity index (χ0) is 14.8. The molecule has 21 heavy (non-hydrogen) atoms. The standard InChI is InChI=1S/C17H18ClNO2/c1-21-17-7-6-14(10-16(17)20)19-15-8-12(9-15)11-2-4-13(18)5-3-11/h2-7,10,12,15,19-20H,8-9H2,1H3. The number of aromatic hydroxyl groups is 1. The van der Waals surface area contributed by atoms with Crippen molar-refractivity contribution in [2.75, 3.05) is 12.4 Å². The highest BCUT2D eigenvalue weighted by Gasteiger charge is 2.30. The zero-order valence-electron chi connectivity index (χ0n) is 11.8. The molecule has 2 aromatic rings. The van der Waals surface area contributed by atoms with Crippen LogP contribution in [-0.4, -0.2) is 18.3 Å². The summed E-state index contributed by atoms with van der Waals surface area (Å²) in [5.41, 5.74) is 2.27. The van der Waals surface area contributed by atoms with Gasteiger partial charge in [0.1, 0.15) is 0 Å². The number of benzene rings is 2. The minimum Gasteiger partial charge on any atom is -0.504 e. The zero-order valence-corrected chi connectivity index (χ0v) is 12.6. The smallest absolute Gasteiger partial charge is 0.160 e. The van der Waals surface area contributed by atoms with Gasteiger partial charge in [-0.05, 0) is 48.6 Å². The maximum absolute atomic E-state index is 9.77. The monoisotopic (exact) mass is 303 g/mol. The van der Waals surface area contributed by atoms with Crippen LogP contribution in [0.3, 0.4) is 0 Å². The largest absolute Gasteiger partial charge is 0.504 e. The molecule has 1 saturated carbocycles. The van der Waals surface area contributed by atoms with Crippen molar-refractivity contribution in [3.8, 4) is 11.5 Å². The molecule has 4 heteroatoms. The van der Waals surface area contributed by atoms with Crippen LogP contribution in [0.1, 0.15) is 24.3 Å². The van der Waals surface area contributed by atoms with E-state index in [0.717, 1.165) is 23.6 Å². The van der Waals surface area contributed by atoms with E-state index in [1.807, 2.05) is 18.2 Å². The Balaban J connectivity index is 1.57. The molecule has 2 N–H and O–H groups in total. The lowest BCUT2D eigenvalue weighted by molar-refractivity contribution is 0.369. The molecule has 0 saturated heterocycles. The Hall–Kier alpha value is -1.87. The first kappa shape index (κ1) is 14.1. The lowest BCUT2D eigenvalue weighted by Gasteiger charge is -2.37. The van der Waals surface area contributed by atoms with Gasteiger partial charge in [-0.15, -0.1) is 0 Å². The number of phenols is 1. The average molecular weight is 304 g/mol. The van der Waals surface area contributed by atoms with Gasteiger partial charge < -0.3 is 15.2 Å². The number of halogens is 1. The molecule has 2 aromatic carbocycles. The van der Waals surface area contributed by atoms with Gasteiger partial charge in [0, 0.05) is 22.8 Å². The average Bonchev–Trinajstić information content (AvgIpc) is 2.44. The van der Waals surface area contributed by atoms with Crippen molar-refractivity contribution in [1.29, 1.82) is 0 Å². The highest BCUT2D eigenvalue weighted by Crippen LogP contribution is 2.39. The van der Waals surface area contributed by atoms with E-state index in [4.69, 9.17) is 16.3 Å². The quantitative estimate of drug-likeness (QED) is 0.879. The molecule has 0 amide bonds. The summed E-state index contributed by atoms with van der Waals surface area (Å²) in [6, 6.07) is 13.9. The van der Waals surface area contributed by atoms with Crippen LogP contribution >= 0.6 is 11.6 Å². The summed E-state index contributed by atoms with van der Waals surface area (Å²) in [6.07, 6.45) is 2.18. The molecule has 0 unspecified atom stereocenters. The van der Waals surface area contributed by atoms with Crippen molar-refractivity contribution in [3.63, 3.8) is 0 Å². The van der Waals surface area contributed by atoms with Crippen LogP contribution in [0.15, 0.2) is 42.5 Å². The Morgan fingerprint density at radius 1 is 1.14 bits per heavy atom. The number of phenolic OH excluding ortho intramolecular Hbond substituents is 1. The van der Waals surface area contributed by atoms with E-state index in [0.29, 0.717) is 17.7 Å². The fraction of sp³-hybridized carbons (Fsp3) is 0.294. The minimum atomic E-state index is 0.163. The van der Waals surface area contributed by atoms with E-state index in [1.165, 1.54) is 5.56 Å². The van der Waals surface area contributed by atoms with Gasteiger partial charge in [-0.25, -0.2) is 0 Å². The molecule has 110 valence electrons. The van der Waals surface area contributed by atoms with Gasteiger partial charge in [-0.3, -0.25) is 0 Å². The Labute approximate surface area is 129 Å². The summed E-state index contributed by atoms with van der Waals surface area (Å²) in [5, 5.41) is 14.0. The maximum atomic E-state index is 9.77. The second kappa shape index (κ2) is 5.86. The van der Waals surface area contributed by atoms with Crippen molar-refractivity contribution in [2.24, 2.45) is 0 Å². The van der Waals surface area contributed by atoms with Gasteiger partial charge in [-0.1, -0.05) is 23.7 Å². The SMILES string of the molecule is COc1ccc(NC2CC(c3ccc(Cl)cc3)C2)cc1O. The third-order valence-electron chi connectivity index (χ3n) is 4.03. The third kappa shape index (κ3) is 3.08. The number of ether oxygens (including phenoxy) is 1. The van der Waals surface area contributed by atoms with Crippen LogP contribution in [0.4, 0.5) is 5.69 Å². The second-order valence-corrected chi connectivity index (χ2v) is 5.88. The fourth-order valence-corrected chi connectivity index (χ4v) is 2.88. The normalized spacial score (nSPS) is 20.7. The van der Waals surface area contributed by atoms with Crippen LogP contribution in [-0.2, 0) is 0 Å². The van der Waals surface area contributed by atoms with Crippen LogP contribution < -0.4 is 10.1 Å². The first-order valence-corrected chi connectivity index (χ1v) is 7.42. The number of hydrogen-bond acceptors (Lipinski definition) is 3. The van der Waals surface area contributed by atoms with Crippen LogP contribution in [0.25, 0.3) is 0 Å². The van der Waals surface area contributed by atoms with Crippen LogP contribution in [0.5, 0.6) is 11.5 Å². The van der Waals surface area contributed by atoms with Crippen molar-refractivity contribution in [2.45, 2.75) is 24.8 Å². The van der Waals surface area contributed by atoms with Crippen LogP contribution in [0.2, 0.25) is 5.02 Å². The van der Waals surface area contributed by atoms with E-state index in [-0.39, 0.29) is 5.75 Å². The molecule has 1 aliphatic rings. The topological polar surface area (TPSA) is 41.5 Å². The third-order valence-corrected chi connectivity index (χ3v) is 4.28. The van der Waals surface area contributed by atoms with Crippen molar-refractivity contribution < 1.29 is 9.84 Å². The lowest BCUT2D eigenvalue weighted by atomic mass is 9.76. The Morgan fingerprint density at radius 2 is 1.86 bits per heavy atom. The van der Waals surface area contributed by atoms with Gasteiger partial charge in [0.25, 0.3) is 0 Å². The fourth-order valence-electron chi connectivity index (χ4n) is 2.76.